The van der Waals surface area contributed by atoms with Gasteiger partial charge in [-0.15, -0.1) is 0 Å². The van der Waals surface area contributed by atoms with Gasteiger partial charge in [0.15, 0.2) is 5.82 Å². The van der Waals surface area contributed by atoms with Gasteiger partial charge in [-0.05, 0) is 28.8 Å². The molecule has 44 heavy (non-hydrogen) atoms. The number of hydrogen-bond donors (Lipinski definition) is 0. The first kappa shape index (κ1) is 26.1. The number of nitrogens with zero attached hydrogens (tertiary/aromatic N) is 2. The summed E-state index contributed by atoms with van der Waals surface area (Å²) in [4.78, 5) is 9.94. The van der Waals surface area contributed by atoms with Crippen LogP contribution in [0, 0.1) is 0 Å². The van der Waals surface area contributed by atoms with Crippen LogP contribution in [0.25, 0.3) is 55.8 Å². The second-order valence-corrected chi connectivity index (χ2v) is 11.8. The van der Waals surface area contributed by atoms with E-state index in [1.54, 1.807) is 0 Å². The average Bonchev–Trinajstić information content (AvgIpc) is 3.08. The van der Waals surface area contributed by atoms with Crippen LogP contribution >= 0.6 is 0 Å². The minimum atomic E-state index is -0.140. The van der Waals surface area contributed by atoms with E-state index in [4.69, 9.17) is 14.7 Å². The minimum Gasteiger partial charge on any atom is -0.456 e. The van der Waals surface area contributed by atoms with Crippen LogP contribution < -0.4 is 4.74 Å². The van der Waals surface area contributed by atoms with E-state index in [1.807, 2.05) is 36.4 Å². The standard InChI is InChI=1S/C41H30N2O/c1-41(2)34-15-7-9-18-37(34)44-39-32(14-10-16-35(39)41)29-23-19-27(20-24-29)28-21-25-31(26-22-28)40-42-36-17-8-6-13-33(36)38(43-40)30-11-4-3-5-12-30/h3-26H,1-2H3. The molecule has 6 aromatic carbocycles. The third kappa shape index (κ3) is 4.37. The van der Waals surface area contributed by atoms with Crippen LogP contribution in [0.1, 0.15) is 25.0 Å². The highest BCUT2D eigenvalue weighted by molar-refractivity contribution is 5.93. The fraction of sp³-hybridized carbons (Fsp3) is 0.0732. The molecule has 0 unspecified atom stereocenters. The largest absolute Gasteiger partial charge is 0.456 e. The van der Waals surface area contributed by atoms with Crippen LogP contribution in [0.4, 0.5) is 0 Å². The van der Waals surface area contributed by atoms with Crippen molar-refractivity contribution in [3.63, 3.8) is 0 Å². The van der Waals surface area contributed by atoms with E-state index >= 15 is 0 Å². The minimum absolute atomic E-state index is 0.140. The van der Waals surface area contributed by atoms with Crippen LogP contribution in [-0.2, 0) is 5.41 Å². The Bertz CT molecular complexity index is 2150. The molecule has 0 N–H and O–H groups in total. The lowest BCUT2D eigenvalue weighted by Gasteiger charge is -2.35. The Hall–Kier alpha value is -5.54. The molecular weight excluding hydrogens is 536 g/mol. The van der Waals surface area contributed by atoms with Crippen molar-refractivity contribution in [1.82, 2.24) is 9.97 Å². The number of aromatic nitrogens is 2. The molecule has 1 aliphatic rings. The molecule has 0 atom stereocenters. The molecule has 0 saturated heterocycles. The molecule has 0 bridgehead atoms. The van der Waals surface area contributed by atoms with Crippen LogP contribution in [-0.4, -0.2) is 9.97 Å². The lowest BCUT2D eigenvalue weighted by atomic mass is 9.75. The zero-order valence-corrected chi connectivity index (χ0v) is 24.7. The van der Waals surface area contributed by atoms with Crippen molar-refractivity contribution >= 4 is 10.9 Å². The van der Waals surface area contributed by atoms with Gasteiger partial charge in [0.25, 0.3) is 0 Å². The highest BCUT2D eigenvalue weighted by Crippen LogP contribution is 2.51. The maximum atomic E-state index is 6.52. The van der Waals surface area contributed by atoms with Crippen molar-refractivity contribution in [3.8, 4) is 56.4 Å². The molecule has 0 fully saturated rings. The lowest BCUT2D eigenvalue weighted by molar-refractivity contribution is 0.419. The Kier molecular flexibility index (Phi) is 6.13. The van der Waals surface area contributed by atoms with Crippen molar-refractivity contribution in [2.24, 2.45) is 0 Å². The second-order valence-electron chi connectivity index (χ2n) is 11.8. The molecule has 210 valence electrons. The molecule has 1 aliphatic heterocycles. The predicted octanol–water partition coefficient (Wildman–Crippen LogP) is 10.7. The Morgan fingerprint density at radius 2 is 1.09 bits per heavy atom. The number of benzene rings is 6. The Balaban J connectivity index is 1.11. The Morgan fingerprint density at radius 1 is 0.477 bits per heavy atom. The molecule has 0 aliphatic carbocycles. The van der Waals surface area contributed by atoms with Crippen molar-refractivity contribution in [1.29, 1.82) is 0 Å². The Labute approximate surface area is 257 Å². The van der Waals surface area contributed by atoms with Gasteiger partial charge in [0.05, 0.1) is 11.2 Å². The van der Waals surface area contributed by atoms with E-state index in [0.29, 0.717) is 0 Å². The number of hydrogen-bond acceptors (Lipinski definition) is 3. The number of fused-ring (bicyclic) bond motifs is 3. The van der Waals surface area contributed by atoms with Gasteiger partial charge < -0.3 is 4.74 Å². The van der Waals surface area contributed by atoms with E-state index < -0.39 is 0 Å². The van der Waals surface area contributed by atoms with Gasteiger partial charge in [-0.2, -0.15) is 0 Å². The third-order valence-electron chi connectivity index (χ3n) is 8.78. The number of para-hydroxylation sites is 3. The maximum absolute atomic E-state index is 6.52. The van der Waals surface area contributed by atoms with Crippen molar-refractivity contribution in [2.75, 3.05) is 0 Å². The first-order chi connectivity index (χ1) is 21.6. The highest BCUT2D eigenvalue weighted by atomic mass is 16.5. The fourth-order valence-corrected chi connectivity index (χ4v) is 6.37. The lowest BCUT2D eigenvalue weighted by Crippen LogP contribution is -2.24. The van der Waals surface area contributed by atoms with Crippen LogP contribution in [0.15, 0.2) is 146 Å². The van der Waals surface area contributed by atoms with Gasteiger partial charge >= 0.3 is 0 Å². The van der Waals surface area contributed by atoms with Gasteiger partial charge in [0, 0.05) is 38.6 Å². The summed E-state index contributed by atoms with van der Waals surface area (Å²) < 4.78 is 6.52. The first-order valence-electron chi connectivity index (χ1n) is 15.0. The quantitative estimate of drug-likeness (QED) is 0.213. The highest BCUT2D eigenvalue weighted by Gasteiger charge is 2.35. The third-order valence-corrected chi connectivity index (χ3v) is 8.78. The fourth-order valence-electron chi connectivity index (χ4n) is 6.37. The maximum Gasteiger partial charge on any atom is 0.160 e. The summed E-state index contributed by atoms with van der Waals surface area (Å²) in [6.07, 6.45) is 0. The molecule has 3 nitrogen and oxygen atoms in total. The van der Waals surface area contributed by atoms with Crippen LogP contribution in [0.2, 0.25) is 0 Å². The predicted molar refractivity (Wildman–Crippen MR) is 180 cm³/mol. The molecule has 7 aromatic rings. The van der Waals surface area contributed by atoms with Crippen molar-refractivity contribution < 1.29 is 4.74 Å². The molecule has 0 radical (unpaired) electrons. The van der Waals surface area contributed by atoms with Gasteiger partial charge in [0.2, 0.25) is 0 Å². The summed E-state index contributed by atoms with van der Waals surface area (Å²) in [6, 6.07) is 50.6. The normalized spacial score (nSPS) is 13.1. The van der Waals surface area contributed by atoms with Crippen molar-refractivity contribution in [2.45, 2.75) is 19.3 Å². The summed E-state index contributed by atoms with van der Waals surface area (Å²) in [5.41, 5.74) is 10.8. The van der Waals surface area contributed by atoms with E-state index in [-0.39, 0.29) is 5.41 Å². The summed E-state index contributed by atoms with van der Waals surface area (Å²) >= 11 is 0. The molecule has 3 heteroatoms. The van der Waals surface area contributed by atoms with E-state index in [1.165, 1.54) is 11.1 Å². The molecule has 0 amide bonds. The zero-order chi connectivity index (χ0) is 29.7. The molecule has 0 saturated carbocycles. The summed E-state index contributed by atoms with van der Waals surface area (Å²) in [5, 5.41) is 1.05. The van der Waals surface area contributed by atoms with E-state index in [2.05, 4.69) is 123 Å². The summed E-state index contributed by atoms with van der Waals surface area (Å²) in [7, 11) is 0. The first-order valence-corrected chi connectivity index (χ1v) is 15.0. The van der Waals surface area contributed by atoms with Gasteiger partial charge in [-0.25, -0.2) is 9.97 Å². The average molecular weight is 567 g/mol. The van der Waals surface area contributed by atoms with Crippen molar-refractivity contribution in [3.05, 3.63) is 157 Å². The zero-order valence-electron chi connectivity index (χ0n) is 24.7. The summed E-state index contributed by atoms with van der Waals surface area (Å²) in [5.74, 6) is 2.60. The van der Waals surface area contributed by atoms with Crippen LogP contribution in [0.3, 0.4) is 0 Å². The molecule has 1 aromatic heterocycles. The van der Waals surface area contributed by atoms with Gasteiger partial charge in [0.1, 0.15) is 11.5 Å². The number of rotatable bonds is 4. The smallest absolute Gasteiger partial charge is 0.160 e. The molecule has 2 heterocycles. The van der Waals surface area contributed by atoms with Crippen LogP contribution in [0.5, 0.6) is 11.5 Å². The topological polar surface area (TPSA) is 35.0 Å². The molecule has 8 rings (SSSR count). The molecule has 0 spiro atoms. The monoisotopic (exact) mass is 566 g/mol. The van der Waals surface area contributed by atoms with Gasteiger partial charge in [-0.1, -0.05) is 147 Å². The molecular formula is C41H30N2O. The number of ether oxygens (including phenoxy) is 1. The summed E-state index contributed by atoms with van der Waals surface area (Å²) in [6.45, 7) is 4.55. The van der Waals surface area contributed by atoms with E-state index in [0.717, 1.165) is 67.3 Å². The second kappa shape index (κ2) is 10.3. The SMILES string of the molecule is CC1(C)c2ccccc2Oc2c(-c3ccc(-c4ccc(-c5nc(-c6ccccc6)c6ccccc6n5)cc4)cc3)cccc21. The van der Waals surface area contributed by atoms with E-state index in [9.17, 15) is 0 Å². The van der Waals surface area contributed by atoms with Gasteiger partial charge in [-0.3, -0.25) is 0 Å². The Morgan fingerprint density at radius 3 is 1.86 bits per heavy atom.